The standard InChI is InChI=1S/C16H15FN2O/c1-11(19)13-3-5-15(6-4-13)20-10-12-2-7-16(17)14(8-12)9-18/h2-8,11H,10,19H2,1H3/t11-/m1/s1. The smallest absolute Gasteiger partial charge is 0.140 e. The molecule has 0 unspecified atom stereocenters. The van der Waals surface area contributed by atoms with Crippen molar-refractivity contribution in [2.24, 2.45) is 5.73 Å². The molecule has 20 heavy (non-hydrogen) atoms. The summed E-state index contributed by atoms with van der Waals surface area (Å²) in [4.78, 5) is 0. The first kappa shape index (κ1) is 14.0. The number of nitrogens with two attached hydrogens (primary N) is 1. The fraction of sp³-hybridized carbons (Fsp3) is 0.188. The molecule has 0 amide bonds. The summed E-state index contributed by atoms with van der Waals surface area (Å²) >= 11 is 0. The molecule has 4 heteroatoms. The Morgan fingerprint density at radius 3 is 2.55 bits per heavy atom. The fourth-order valence-corrected chi connectivity index (χ4v) is 1.78. The van der Waals surface area contributed by atoms with Gasteiger partial charge in [-0.05, 0) is 42.3 Å². The second kappa shape index (κ2) is 6.18. The van der Waals surface area contributed by atoms with Crippen LogP contribution >= 0.6 is 0 Å². The van der Waals surface area contributed by atoms with Crippen molar-refractivity contribution in [2.75, 3.05) is 0 Å². The summed E-state index contributed by atoms with van der Waals surface area (Å²) in [5.41, 5.74) is 7.58. The van der Waals surface area contributed by atoms with Crippen molar-refractivity contribution in [1.82, 2.24) is 0 Å². The zero-order valence-electron chi connectivity index (χ0n) is 11.1. The van der Waals surface area contributed by atoms with Crippen LogP contribution in [0.4, 0.5) is 4.39 Å². The number of rotatable bonds is 4. The number of nitrogens with zero attached hydrogens (tertiary/aromatic N) is 1. The molecule has 3 nitrogen and oxygen atoms in total. The zero-order chi connectivity index (χ0) is 14.5. The number of benzene rings is 2. The molecule has 0 saturated heterocycles. The van der Waals surface area contributed by atoms with Crippen LogP contribution in [-0.2, 0) is 6.61 Å². The van der Waals surface area contributed by atoms with Crippen LogP contribution in [0.25, 0.3) is 0 Å². The maximum Gasteiger partial charge on any atom is 0.140 e. The molecular weight excluding hydrogens is 255 g/mol. The average Bonchev–Trinajstić information content (AvgIpc) is 2.46. The Balaban J connectivity index is 2.03. The Morgan fingerprint density at radius 1 is 1.25 bits per heavy atom. The van der Waals surface area contributed by atoms with E-state index in [1.165, 1.54) is 12.1 Å². The van der Waals surface area contributed by atoms with Crippen molar-refractivity contribution in [3.63, 3.8) is 0 Å². The molecule has 0 saturated carbocycles. The van der Waals surface area contributed by atoms with Gasteiger partial charge in [0.2, 0.25) is 0 Å². The van der Waals surface area contributed by atoms with Gasteiger partial charge in [-0.1, -0.05) is 18.2 Å². The van der Waals surface area contributed by atoms with Gasteiger partial charge in [-0.2, -0.15) is 5.26 Å². The highest BCUT2D eigenvalue weighted by Gasteiger charge is 2.04. The van der Waals surface area contributed by atoms with Crippen molar-refractivity contribution < 1.29 is 9.13 Å². The van der Waals surface area contributed by atoms with E-state index in [9.17, 15) is 4.39 Å². The van der Waals surface area contributed by atoms with Gasteiger partial charge >= 0.3 is 0 Å². The minimum Gasteiger partial charge on any atom is -0.489 e. The lowest BCUT2D eigenvalue weighted by atomic mass is 10.1. The van der Waals surface area contributed by atoms with E-state index in [2.05, 4.69) is 0 Å². The highest BCUT2D eigenvalue weighted by atomic mass is 19.1. The zero-order valence-corrected chi connectivity index (χ0v) is 11.1. The van der Waals surface area contributed by atoms with Gasteiger partial charge in [-0.25, -0.2) is 4.39 Å². The largest absolute Gasteiger partial charge is 0.489 e. The molecule has 2 rings (SSSR count). The Morgan fingerprint density at radius 2 is 1.95 bits per heavy atom. The first-order valence-corrected chi connectivity index (χ1v) is 6.27. The molecule has 0 aromatic heterocycles. The van der Waals surface area contributed by atoms with Gasteiger partial charge in [0.05, 0.1) is 5.56 Å². The lowest BCUT2D eigenvalue weighted by Gasteiger charge is -2.09. The van der Waals surface area contributed by atoms with Gasteiger partial charge in [0.15, 0.2) is 0 Å². The molecule has 1 atom stereocenters. The van der Waals surface area contributed by atoms with Crippen molar-refractivity contribution in [3.8, 4) is 11.8 Å². The molecule has 0 aliphatic rings. The van der Waals surface area contributed by atoms with Crippen molar-refractivity contribution >= 4 is 0 Å². The SMILES string of the molecule is C[C@@H](N)c1ccc(OCc2ccc(F)c(C#N)c2)cc1. The summed E-state index contributed by atoms with van der Waals surface area (Å²) in [6.07, 6.45) is 0. The first-order valence-electron chi connectivity index (χ1n) is 6.27. The van der Waals surface area contributed by atoms with Crippen LogP contribution in [0.2, 0.25) is 0 Å². The Kier molecular flexibility index (Phi) is 4.34. The van der Waals surface area contributed by atoms with E-state index in [0.717, 1.165) is 11.1 Å². The van der Waals surface area contributed by atoms with Gasteiger partial charge in [0, 0.05) is 6.04 Å². The Bertz CT molecular complexity index is 630. The predicted octanol–water partition coefficient (Wildman–Crippen LogP) is 3.30. The Hall–Kier alpha value is -2.38. The number of ether oxygens (including phenoxy) is 1. The van der Waals surface area contributed by atoms with E-state index in [4.69, 9.17) is 15.7 Å². The molecular formula is C16H15FN2O. The third-order valence-electron chi connectivity index (χ3n) is 2.96. The van der Waals surface area contributed by atoms with Crippen LogP contribution in [0.1, 0.15) is 29.7 Å². The summed E-state index contributed by atoms with van der Waals surface area (Å²) in [5, 5.41) is 8.77. The summed E-state index contributed by atoms with van der Waals surface area (Å²) in [6, 6.07) is 13.7. The predicted molar refractivity (Wildman–Crippen MR) is 74.5 cm³/mol. The quantitative estimate of drug-likeness (QED) is 0.927. The molecule has 0 heterocycles. The van der Waals surface area contributed by atoms with E-state index >= 15 is 0 Å². The van der Waals surface area contributed by atoms with Crippen LogP contribution in [-0.4, -0.2) is 0 Å². The average molecular weight is 270 g/mol. The summed E-state index contributed by atoms with van der Waals surface area (Å²) in [7, 11) is 0. The number of hydrogen-bond acceptors (Lipinski definition) is 3. The van der Waals surface area contributed by atoms with E-state index in [-0.39, 0.29) is 18.2 Å². The van der Waals surface area contributed by atoms with Gasteiger partial charge in [0.1, 0.15) is 24.2 Å². The molecule has 2 N–H and O–H groups in total. The molecule has 0 bridgehead atoms. The number of nitriles is 1. The third-order valence-corrected chi connectivity index (χ3v) is 2.96. The maximum atomic E-state index is 13.2. The normalized spacial score (nSPS) is 11.7. The van der Waals surface area contributed by atoms with E-state index in [1.807, 2.05) is 37.3 Å². The molecule has 0 spiro atoms. The van der Waals surface area contributed by atoms with Crippen LogP contribution < -0.4 is 10.5 Å². The highest BCUT2D eigenvalue weighted by Crippen LogP contribution is 2.18. The second-order valence-electron chi connectivity index (χ2n) is 4.57. The topological polar surface area (TPSA) is 59.0 Å². The van der Waals surface area contributed by atoms with Gasteiger partial charge in [0.25, 0.3) is 0 Å². The maximum absolute atomic E-state index is 13.2. The van der Waals surface area contributed by atoms with Crippen LogP contribution in [0.3, 0.4) is 0 Å². The third kappa shape index (κ3) is 3.34. The lowest BCUT2D eigenvalue weighted by Crippen LogP contribution is -2.04. The minimum atomic E-state index is -0.516. The van der Waals surface area contributed by atoms with Crippen LogP contribution in [0.5, 0.6) is 5.75 Å². The van der Waals surface area contributed by atoms with E-state index in [0.29, 0.717) is 5.75 Å². The molecule has 2 aromatic rings. The minimum absolute atomic E-state index is 0.0145. The summed E-state index contributed by atoms with van der Waals surface area (Å²) in [6.45, 7) is 2.20. The lowest BCUT2D eigenvalue weighted by molar-refractivity contribution is 0.306. The Labute approximate surface area is 117 Å². The molecule has 0 radical (unpaired) electrons. The summed E-state index contributed by atoms with van der Waals surface area (Å²) < 4.78 is 18.8. The highest BCUT2D eigenvalue weighted by molar-refractivity contribution is 5.34. The first-order chi connectivity index (χ1) is 9.60. The van der Waals surface area contributed by atoms with E-state index < -0.39 is 5.82 Å². The van der Waals surface area contributed by atoms with Gasteiger partial charge in [-0.3, -0.25) is 0 Å². The number of halogens is 1. The van der Waals surface area contributed by atoms with Crippen LogP contribution in [0.15, 0.2) is 42.5 Å². The molecule has 0 fully saturated rings. The van der Waals surface area contributed by atoms with Crippen LogP contribution in [0, 0.1) is 17.1 Å². The molecule has 0 aliphatic heterocycles. The van der Waals surface area contributed by atoms with Crippen molar-refractivity contribution in [3.05, 3.63) is 65.0 Å². The summed E-state index contributed by atoms with van der Waals surface area (Å²) in [5.74, 6) is 0.190. The van der Waals surface area contributed by atoms with Gasteiger partial charge < -0.3 is 10.5 Å². The number of hydrogen-bond donors (Lipinski definition) is 1. The molecule has 102 valence electrons. The molecule has 2 aromatic carbocycles. The molecule has 0 aliphatic carbocycles. The van der Waals surface area contributed by atoms with Crippen molar-refractivity contribution in [2.45, 2.75) is 19.6 Å². The van der Waals surface area contributed by atoms with Gasteiger partial charge in [-0.15, -0.1) is 0 Å². The van der Waals surface area contributed by atoms with E-state index in [1.54, 1.807) is 6.07 Å². The van der Waals surface area contributed by atoms with Crippen molar-refractivity contribution in [1.29, 1.82) is 5.26 Å². The second-order valence-corrected chi connectivity index (χ2v) is 4.57. The monoisotopic (exact) mass is 270 g/mol. The fourth-order valence-electron chi connectivity index (χ4n) is 1.78.